The zero-order valence-electron chi connectivity index (χ0n) is 21.2. The quantitative estimate of drug-likeness (QED) is 0.273. The van der Waals surface area contributed by atoms with Gasteiger partial charge in [-0.05, 0) is 55.0 Å². The number of nitrogens with one attached hydrogen (secondary N) is 3. The Balaban J connectivity index is 1.54. The van der Waals surface area contributed by atoms with Crippen LogP contribution in [0.4, 0.5) is 16.2 Å². The topological polar surface area (TPSA) is 131 Å². The number of aliphatic carboxylic acids is 1. The molecule has 0 saturated carbocycles. The fraction of sp³-hybridized carbons (Fsp3) is 0.370. The van der Waals surface area contributed by atoms with Gasteiger partial charge in [0.1, 0.15) is 5.37 Å². The van der Waals surface area contributed by atoms with Gasteiger partial charge >= 0.3 is 12.0 Å². The molecule has 0 aromatic heterocycles. The van der Waals surface area contributed by atoms with E-state index in [0.29, 0.717) is 18.5 Å². The van der Waals surface area contributed by atoms with Crippen molar-refractivity contribution in [2.75, 3.05) is 10.6 Å². The highest BCUT2D eigenvalue weighted by Gasteiger charge is 2.33. The first-order chi connectivity index (χ1) is 17.6. The molecule has 1 aliphatic rings. The molecule has 37 heavy (non-hydrogen) atoms. The number of thioether (sulfide) groups is 1. The van der Waals surface area contributed by atoms with Gasteiger partial charge in [0.05, 0.1) is 12.5 Å². The van der Waals surface area contributed by atoms with E-state index >= 15 is 0 Å². The van der Waals surface area contributed by atoms with Gasteiger partial charge in [-0.2, -0.15) is 0 Å². The Bertz CT molecular complexity index is 1140. The number of hydrogen-bond donors (Lipinski definition) is 5. The standard InChI is InChI=1S/C27H34N4O5S/c1-17(2)14-23(26-31(36)16-21(37-26)12-13-25(33)34)29-24(32)15-19-8-10-20(11-9-19)28-27(35)30-22-7-5-4-6-18(22)3/h4-11,16-17,23,26,36H,12-15H2,1-3H3,(H,29,32)(H,33,34)(H2,28,30,35). The van der Waals surface area contributed by atoms with E-state index in [4.69, 9.17) is 5.11 Å². The molecule has 2 unspecified atom stereocenters. The molecule has 0 fully saturated rings. The van der Waals surface area contributed by atoms with Crippen molar-refractivity contribution in [3.05, 3.63) is 70.8 Å². The van der Waals surface area contributed by atoms with Crippen molar-refractivity contribution in [1.82, 2.24) is 10.4 Å². The largest absolute Gasteiger partial charge is 0.481 e. The number of nitrogens with zero attached hydrogens (tertiary/aromatic N) is 1. The molecule has 3 rings (SSSR count). The summed E-state index contributed by atoms with van der Waals surface area (Å²) in [7, 11) is 0. The molecule has 1 aliphatic heterocycles. The van der Waals surface area contributed by atoms with Crippen LogP contribution in [0.15, 0.2) is 59.6 Å². The highest BCUT2D eigenvalue weighted by molar-refractivity contribution is 8.03. The molecule has 2 atom stereocenters. The molecule has 2 aromatic rings. The van der Waals surface area contributed by atoms with E-state index in [2.05, 4.69) is 16.0 Å². The number of urea groups is 1. The zero-order chi connectivity index (χ0) is 26.9. The third-order valence-corrected chi connectivity index (χ3v) is 7.18. The minimum Gasteiger partial charge on any atom is -0.481 e. The number of carboxylic acid groups (broad SMARTS) is 1. The second-order valence-electron chi connectivity index (χ2n) is 9.45. The van der Waals surface area contributed by atoms with Crippen LogP contribution in [0.2, 0.25) is 0 Å². The summed E-state index contributed by atoms with van der Waals surface area (Å²) in [5, 5.41) is 28.6. The van der Waals surface area contributed by atoms with Crippen molar-refractivity contribution in [1.29, 1.82) is 0 Å². The van der Waals surface area contributed by atoms with Gasteiger partial charge in [-0.1, -0.05) is 55.9 Å². The van der Waals surface area contributed by atoms with Gasteiger partial charge in [0, 0.05) is 28.9 Å². The van der Waals surface area contributed by atoms with Crippen molar-refractivity contribution in [3.8, 4) is 0 Å². The number of anilines is 2. The zero-order valence-corrected chi connectivity index (χ0v) is 22.0. The summed E-state index contributed by atoms with van der Waals surface area (Å²) in [4.78, 5) is 36.8. The first-order valence-electron chi connectivity index (χ1n) is 12.2. The van der Waals surface area contributed by atoms with E-state index in [1.54, 1.807) is 30.5 Å². The van der Waals surface area contributed by atoms with Crippen LogP contribution in [0.25, 0.3) is 0 Å². The molecule has 0 saturated heterocycles. The Morgan fingerprint density at radius 2 is 1.76 bits per heavy atom. The highest BCUT2D eigenvalue weighted by atomic mass is 32.2. The normalized spacial score (nSPS) is 15.8. The van der Waals surface area contributed by atoms with Crippen LogP contribution in [0.1, 0.15) is 44.2 Å². The molecule has 10 heteroatoms. The fourth-order valence-electron chi connectivity index (χ4n) is 3.98. The number of hydroxylamine groups is 2. The van der Waals surface area contributed by atoms with Crippen molar-refractivity contribution in [2.24, 2.45) is 5.92 Å². The number of rotatable bonds is 11. The van der Waals surface area contributed by atoms with Crippen LogP contribution in [0.5, 0.6) is 0 Å². The van der Waals surface area contributed by atoms with Gasteiger partial charge in [-0.15, -0.1) is 0 Å². The van der Waals surface area contributed by atoms with Crippen LogP contribution in [-0.4, -0.2) is 44.7 Å². The molecule has 0 radical (unpaired) electrons. The molecule has 1 heterocycles. The van der Waals surface area contributed by atoms with E-state index in [-0.39, 0.29) is 36.7 Å². The van der Waals surface area contributed by atoms with Crippen LogP contribution in [0.3, 0.4) is 0 Å². The van der Waals surface area contributed by atoms with Gasteiger partial charge in [0.15, 0.2) is 0 Å². The Labute approximate surface area is 221 Å². The Kier molecular flexibility index (Phi) is 9.99. The lowest BCUT2D eigenvalue weighted by Crippen LogP contribution is -2.47. The molecular formula is C27H34N4O5S. The fourth-order valence-corrected chi connectivity index (χ4v) is 5.19. The first-order valence-corrected chi connectivity index (χ1v) is 13.1. The number of allylic oxidation sites excluding steroid dienone is 1. The van der Waals surface area contributed by atoms with Crippen molar-refractivity contribution < 1.29 is 24.7 Å². The molecule has 198 valence electrons. The van der Waals surface area contributed by atoms with Gasteiger partial charge in [0.25, 0.3) is 0 Å². The predicted molar refractivity (Wildman–Crippen MR) is 145 cm³/mol. The number of carboxylic acids is 1. The molecule has 2 aromatic carbocycles. The number of benzene rings is 2. The second kappa shape index (κ2) is 13.2. The summed E-state index contributed by atoms with van der Waals surface area (Å²) in [6, 6.07) is 13.9. The van der Waals surface area contributed by atoms with Crippen molar-refractivity contribution >= 4 is 41.0 Å². The van der Waals surface area contributed by atoms with E-state index < -0.39 is 11.3 Å². The number of carbonyl (C=O) groups excluding carboxylic acids is 2. The maximum absolute atomic E-state index is 12.9. The third kappa shape index (κ3) is 8.83. The summed E-state index contributed by atoms with van der Waals surface area (Å²) in [5.74, 6) is -0.801. The number of hydrogen-bond acceptors (Lipinski definition) is 6. The molecule has 3 amide bonds. The Morgan fingerprint density at radius 3 is 2.41 bits per heavy atom. The number of para-hydroxylation sites is 1. The SMILES string of the molecule is Cc1ccccc1NC(=O)Nc1ccc(CC(=O)NC(CC(C)C)C2SC(CCC(=O)O)=CN2O)cc1. The summed E-state index contributed by atoms with van der Waals surface area (Å²) in [5.41, 5.74) is 3.08. The van der Waals surface area contributed by atoms with Crippen LogP contribution >= 0.6 is 11.8 Å². The van der Waals surface area contributed by atoms with Crippen LogP contribution in [-0.2, 0) is 16.0 Å². The van der Waals surface area contributed by atoms with E-state index in [1.807, 2.05) is 45.0 Å². The number of aryl methyl sites for hydroxylation is 1. The summed E-state index contributed by atoms with van der Waals surface area (Å²) in [6.45, 7) is 6.00. The first kappa shape index (κ1) is 28.1. The average Bonchev–Trinajstić information content (AvgIpc) is 3.20. The molecule has 9 nitrogen and oxygen atoms in total. The molecule has 0 spiro atoms. The van der Waals surface area contributed by atoms with Crippen molar-refractivity contribution in [2.45, 2.75) is 57.9 Å². The number of amides is 3. The van der Waals surface area contributed by atoms with Crippen LogP contribution in [0, 0.1) is 12.8 Å². The third-order valence-electron chi connectivity index (χ3n) is 5.78. The predicted octanol–water partition coefficient (Wildman–Crippen LogP) is 5.18. The smallest absolute Gasteiger partial charge is 0.323 e. The van der Waals surface area contributed by atoms with E-state index in [1.165, 1.54) is 11.8 Å². The van der Waals surface area contributed by atoms with Gasteiger partial charge < -0.3 is 21.1 Å². The summed E-state index contributed by atoms with van der Waals surface area (Å²) >= 11 is 1.38. The summed E-state index contributed by atoms with van der Waals surface area (Å²) in [6.07, 6.45) is 2.66. The molecule has 0 aliphatic carbocycles. The lowest BCUT2D eigenvalue weighted by atomic mass is 10.0. The van der Waals surface area contributed by atoms with Gasteiger partial charge in [-0.25, -0.2) is 9.86 Å². The second-order valence-corrected chi connectivity index (χ2v) is 10.7. The maximum atomic E-state index is 12.9. The van der Waals surface area contributed by atoms with Crippen LogP contribution < -0.4 is 16.0 Å². The monoisotopic (exact) mass is 526 g/mol. The maximum Gasteiger partial charge on any atom is 0.323 e. The minimum atomic E-state index is -0.894. The average molecular weight is 527 g/mol. The highest BCUT2D eigenvalue weighted by Crippen LogP contribution is 2.37. The van der Waals surface area contributed by atoms with Gasteiger partial charge in [0.2, 0.25) is 5.91 Å². The number of carbonyl (C=O) groups is 3. The van der Waals surface area contributed by atoms with E-state index in [0.717, 1.165) is 26.8 Å². The Hall–Kier alpha value is -3.50. The summed E-state index contributed by atoms with van der Waals surface area (Å²) < 4.78 is 0. The lowest BCUT2D eigenvalue weighted by Gasteiger charge is -2.29. The molecule has 5 N–H and O–H groups in total. The van der Waals surface area contributed by atoms with Crippen molar-refractivity contribution in [3.63, 3.8) is 0 Å². The van der Waals surface area contributed by atoms with Gasteiger partial charge in [-0.3, -0.25) is 14.8 Å². The molecular weight excluding hydrogens is 492 g/mol. The minimum absolute atomic E-state index is 0.0149. The molecule has 0 bridgehead atoms. The lowest BCUT2D eigenvalue weighted by molar-refractivity contribution is -0.137. The Morgan fingerprint density at radius 1 is 1.05 bits per heavy atom. The van der Waals surface area contributed by atoms with E-state index in [9.17, 15) is 19.6 Å².